The third-order valence-electron chi connectivity index (χ3n) is 26.1. The Morgan fingerprint density at radius 1 is 0.175 bits per heavy atom. The first-order valence-corrected chi connectivity index (χ1v) is 42.4. The minimum atomic E-state index is 0.451. The van der Waals surface area contributed by atoms with Gasteiger partial charge in [0.05, 0.1) is 38.8 Å². The van der Waals surface area contributed by atoms with E-state index in [1.54, 1.807) is 0 Å². The molecule has 0 amide bonds. The lowest BCUT2D eigenvalue weighted by molar-refractivity contribution is 0.668. The Morgan fingerprint density at radius 3 is 1.25 bits per heavy atom. The van der Waals surface area contributed by atoms with E-state index in [1.165, 1.54) is 64.6 Å². The van der Waals surface area contributed by atoms with E-state index in [0.717, 1.165) is 159 Å². The summed E-state index contributed by atoms with van der Waals surface area (Å²) >= 11 is 0. The van der Waals surface area contributed by atoms with Crippen molar-refractivity contribution in [3.05, 3.63) is 376 Å². The number of hydrogen-bond donors (Lipinski definition) is 0. The quantitative estimate of drug-likeness (QED) is 0.137. The normalized spacial score (nSPS) is 12.3. The van der Waals surface area contributed by atoms with Gasteiger partial charge in [0.1, 0.15) is 44.7 Å². The van der Waals surface area contributed by atoms with Gasteiger partial charge in [0.2, 0.25) is 0 Å². The summed E-state index contributed by atoms with van der Waals surface area (Å²) in [7, 11) is 0. The van der Waals surface area contributed by atoms with Crippen LogP contribution in [0.15, 0.2) is 394 Å². The van der Waals surface area contributed by atoms with Crippen LogP contribution in [0.4, 0.5) is 0 Å². The second kappa shape index (κ2) is 26.2. The smallest absolute Gasteiger partial charge is 0.167 e. The van der Waals surface area contributed by atoms with Crippen molar-refractivity contribution in [1.29, 1.82) is 0 Å². The minimum absolute atomic E-state index is 0.451. The van der Waals surface area contributed by atoms with Crippen molar-refractivity contribution in [2.24, 2.45) is 0 Å². The topological polar surface area (TPSA) is 140 Å². The van der Waals surface area contributed by atoms with Crippen molar-refractivity contribution < 1.29 is 17.7 Å². The highest BCUT2D eigenvalue weighted by Gasteiger charge is 2.28. The van der Waals surface area contributed by atoms with Crippen molar-refractivity contribution in [2.75, 3.05) is 0 Å². The van der Waals surface area contributed by atoms with Crippen LogP contribution < -0.4 is 0 Å². The van der Waals surface area contributed by atoms with E-state index in [9.17, 15) is 0 Å². The number of fused-ring (bicyclic) bond motifs is 28. The van der Waals surface area contributed by atoms with Crippen LogP contribution in [0, 0.1) is 0 Å². The van der Waals surface area contributed by atoms with Crippen LogP contribution in [0.1, 0.15) is 0 Å². The number of rotatable bonds is 9. The molecule has 12 nitrogen and oxygen atoms in total. The molecule has 20 aromatic carbocycles. The monoisotopic (exact) mass is 1610 g/mol. The Labute approximate surface area is 715 Å². The minimum Gasteiger partial charge on any atom is -0.456 e. The first-order valence-electron chi connectivity index (χ1n) is 42.4. The lowest BCUT2D eigenvalue weighted by atomic mass is 9.98. The molecule has 0 saturated carbocycles. The first kappa shape index (κ1) is 68.5. The molecular weight excluding hydrogens is 1550 g/mol. The maximum Gasteiger partial charge on any atom is 0.167 e. The molecule has 0 aliphatic heterocycles. The molecule has 126 heavy (non-hydrogen) atoms. The zero-order valence-corrected chi connectivity index (χ0v) is 67.0. The number of furan rings is 4. The lowest BCUT2D eigenvalue weighted by Crippen LogP contribution is -2.01. The molecule has 0 spiro atoms. The summed E-state index contributed by atoms with van der Waals surface area (Å²) in [6.07, 6.45) is 0. The van der Waals surface area contributed by atoms with Crippen LogP contribution in [0.5, 0.6) is 0 Å². The van der Waals surface area contributed by atoms with Crippen molar-refractivity contribution in [3.8, 4) is 90.8 Å². The van der Waals surface area contributed by atoms with Crippen LogP contribution >= 0.6 is 0 Å². The third kappa shape index (κ3) is 10.2. The summed E-state index contributed by atoms with van der Waals surface area (Å²) in [5.74, 6) is 2.83. The molecule has 28 rings (SSSR count). The van der Waals surface area contributed by atoms with Gasteiger partial charge in [-0.1, -0.05) is 261 Å². The first-order chi connectivity index (χ1) is 62.4. The van der Waals surface area contributed by atoms with Crippen molar-refractivity contribution in [2.45, 2.75) is 0 Å². The number of para-hydroxylation sites is 4. The van der Waals surface area contributed by atoms with E-state index in [4.69, 9.17) is 47.6 Å². The highest BCUT2D eigenvalue weighted by Crippen LogP contribution is 2.49. The SMILES string of the molecule is c1ccc(-c2nc(-c3cccc4c3oc3ccc(-c5cccc(-c6nc(-c7ccc8c(c7)oc7ccccc78)nc(-c7cc8cc(-n9c%10cc%11ccccc%11cc%10c%10ccc%11ccccc%11c%109)ccc8c8c7oc7ccccc78)n6)c5)cc34)nc(-c3cc4ccc(-n5c6cc7ccccc7cc6c6ccc7ccccc7c65)cc4c4c3oc3ccccc34)n2)cc1. The number of nitrogens with zero attached hydrogens (tertiary/aromatic N) is 8. The molecule has 8 heterocycles. The second-order valence-electron chi connectivity index (χ2n) is 33.1. The van der Waals surface area contributed by atoms with Crippen LogP contribution in [-0.2, 0) is 0 Å². The Hall–Kier alpha value is -17.2. The van der Waals surface area contributed by atoms with Crippen molar-refractivity contribution in [1.82, 2.24) is 39.0 Å². The molecule has 0 atom stereocenters. The molecule has 12 heteroatoms. The van der Waals surface area contributed by atoms with Gasteiger partial charge in [-0.3, -0.25) is 0 Å². The van der Waals surface area contributed by atoms with E-state index in [2.05, 4.69) is 300 Å². The third-order valence-corrected chi connectivity index (χ3v) is 26.1. The predicted octanol–water partition coefficient (Wildman–Crippen LogP) is 30.4. The molecule has 0 aliphatic carbocycles. The maximum absolute atomic E-state index is 7.11. The average Bonchev–Trinajstić information content (AvgIpc) is 1.53. The van der Waals surface area contributed by atoms with Gasteiger partial charge in [0.15, 0.2) is 34.9 Å². The molecule has 0 saturated heterocycles. The van der Waals surface area contributed by atoms with Gasteiger partial charge in [0.25, 0.3) is 0 Å². The lowest BCUT2D eigenvalue weighted by Gasteiger charge is -2.13. The Morgan fingerprint density at radius 2 is 0.595 bits per heavy atom. The zero-order chi connectivity index (χ0) is 82.1. The molecule has 28 aromatic rings. The molecule has 0 aliphatic rings. The molecule has 0 unspecified atom stereocenters. The molecule has 0 radical (unpaired) electrons. The van der Waals surface area contributed by atoms with E-state index in [1.807, 2.05) is 84.9 Å². The maximum atomic E-state index is 7.11. The zero-order valence-electron chi connectivity index (χ0n) is 67.0. The van der Waals surface area contributed by atoms with Crippen molar-refractivity contribution in [3.63, 3.8) is 0 Å². The highest BCUT2D eigenvalue weighted by molar-refractivity contribution is 6.27. The van der Waals surface area contributed by atoms with Gasteiger partial charge in [-0.2, -0.15) is 0 Å². The molecule has 8 aromatic heterocycles. The van der Waals surface area contributed by atoms with Crippen LogP contribution in [0.2, 0.25) is 0 Å². The standard InChI is InChI=1S/C114H62N8O4/c1-2-22-65(23-3-1)109-116-112(120-114(117-109)93-57-72-40-45-77(62-89(72)103-87-34-14-17-39-99(87)126-108(93)103)122-96-60-70-27-7-5-25-68(70)55-91(96)84-49-42-64-21-9-11-31-80(64)105(84)122)88-36-19-35-85-92-56-71(44-51-100(92)124-106(85)88)66-28-18-29-73(52-66)110-115-111(74-43-47-82-81-32-12-15-37-97(81)123-101(82)61-74)119-113(118-110)94-58-75-53-76(46-50-78(75)102-86-33-13-16-38-98(86)125-107(94)102)121-95-59-69-26-6-4-24-67(69)54-90(95)83-48-41-63-20-8-10-30-79(63)104(83)121/h1-62H. The largest absolute Gasteiger partial charge is 0.456 e. The average molecular weight is 1610 g/mol. The fraction of sp³-hybridized carbons (Fsp3) is 0. The van der Waals surface area contributed by atoms with E-state index < -0.39 is 0 Å². The summed E-state index contributed by atoms with van der Waals surface area (Å²) in [4.78, 5) is 32.8. The Balaban J connectivity index is 0.590. The summed E-state index contributed by atoms with van der Waals surface area (Å²) in [5, 5.41) is 26.1. The molecule has 582 valence electrons. The fourth-order valence-corrected chi connectivity index (χ4v) is 20.2. The Bertz CT molecular complexity index is 9670. The predicted molar refractivity (Wildman–Crippen MR) is 514 cm³/mol. The number of aromatic nitrogens is 8. The van der Waals surface area contributed by atoms with Gasteiger partial charge in [-0.25, -0.2) is 29.9 Å². The van der Waals surface area contributed by atoms with Gasteiger partial charge < -0.3 is 26.8 Å². The van der Waals surface area contributed by atoms with Crippen LogP contribution in [0.3, 0.4) is 0 Å². The highest BCUT2D eigenvalue weighted by atomic mass is 16.3. The molecular formula is C114H62N8O4. The summed E-state index contributed by atoms with van der Waals surface area (Å²) in [6, 6.07) is 133. The van der Waals surface area contributed by atoms with Crippen molar-refractivity contribution >= 4 is 196 Å². The number of benzene rings is 20. The van der Waals surface area contributed by atoms with Crippen LogP contribution in [0.25, 0.3) is 287 Å². The molecule has 0 fully saturated rings. The van der Waals surface area contributed by atoms with E-state index in [0.29, 0.717) is 62.8 Å². The van der Waals surface area contributed by atoms with Gasteiger partial charge >= 0.3 is 0 Å². The summed E-state index contributed by atoms with van der Waals surface area (Å²) in [5.41, 5.74) is 18.9. The van der Waals surface area contributed by atoms with Crippen LogP contribution in [-0.4, -0.2) is 39.0 Å². The summed E-state index contributed by atoms with van der Waals surface area (Å²) < 4.78 is 32.8. The summed E-state index contributed by atoms with van der Waals surface area (Å²) in [6.45, 7) is 0. The van der Waals surface area contributed by atoms with E-state index in [-0.39, 0.29) is 0 Å². The number of hydrogen-bond acceptors (Lipinski definition) is 10. The van der Waals surface area contributed by atoms with E-state index >= 15 is 0 Å². The van der Waals surface area contributed by atoms with Gasteiger partial charge in [0, 0.05) is 103 Å². The Kier molecular flexibility index (Phi) is 14.2. The fourth-order valence-electron chi connectivity index (χ4n) is 20.2. The molecule has 0 bridgehead atoms. The van der Waals surface area contributed by atoms with Gasteiger partial charge in [-0.15, -0.1) is 0 Å². The van der Waals surface area contributed by atoms with Gasteiger partial charge in [-0.05, 0) is 180 Å². The second-order valence-corrected chi connectivity index (χ2v) is 33.1. The molecule has 0 N–H and O–H groups in total.